The number of hydrogen-bond acceptors (Lipinski definition) is 6. The Morgan fingerprint density at radius 1 is 1.15 bits per heavy atom. The Morgan fingerprint density at radius 3 is 2.81 bits per heavy atom. The molecule has 2 aromatic heterocycles. The molecule has 3 heterocycles. The van der Waals surface area contributed by atoms with Gasteiger partial charge in [0, 0.05) is 37.4 Å². The average molecular weight is 358 g/mol. The van der Waals surface area contributed by atoms with Gasteiger partial charge in [-0.15, -0.1) is 0 Å². The molecule has 6 nitrogen and oxygen atoms in total. The van der Waals surface area contributed by atoms with Crippen LogP contribution in [-0.2, 0) is 11.3 Å². The molecule has 8 heteroatoms. The first-order valence-corrected chi connectivity index (χ1v) is 8.22. The maximum absolute atomic E-state index is 13.3. The summed E-state index contributed by atoms with van der Waals surface area (Å²) in [6.07, 6.45) is 4.04. The monoisotopic (exact) mass is 358 g/mol. The fourth-order valence-electron chi connectivity index (χ4n) is 2.69. The Labute approximate surface area is 148 Å². The number of nitrogens with zero attached hydrogens (tertiary/aromatic N) is 3. The highest BCUT2D eigenvalue weighted by atomic mass is 19.2. The van der Waals surface area contributed by atoms with Gasteiger partial charge in [0.2, 0.25) is 5.88 Å². The lowest BCUT2D eigenvalue weighted by Crippen LogP contribution is -2.16. The number of benzene rings is 1. The number of nitrogens with one attached hydrogen (secondary N) is 1. The standard InChI is InChI=1S/C18H16F2N4O2/c19-13-6-15-16(7-14(13)20)24-17(9-22-15)23-8-11-1-3-21-18(5-11)26-12-2-4-25-10-12/h1,3,5-7,9,12H,2,4,8,10H2,(H,23,24). The topological polar surface area (TPSA) is 69.2 Å². The zero-order valence-electron chi connectivity index (χ0n) is 13.8. The molecule has 1 aromatic carbocycles. The largest absolute Gasteiger partial charge is 0.472 e. The molecule has 1 N–H and O–H groups in total. The number of rotatable bonds is 5. The first kappa shape index (κ1) is 16.6. The van der Waals surface area contributed by atoms with Crippen LogP contribution in [0.1, 0.15) is 12.0 Å². The van der Waals surface area contributed by atoms with E-state index in [0.29, 0.717) is 37.0 Å². The quantitative estimate of drug-likeness (QED) is 0.756. The summed E-state index contributed by atoms with van der Waals surface area (Å²) < 4.78 is 37.6. The molecule has 26 heavy (non-hydrogen) atoms. The predicted octanol–water partition coefficient (Wildman–Crippen LogP) is 3.08. The second-order valence-electron chi connectivity index (χ2n) is 5.97. The van der Waals surface area contributed by atoms with E-state index >= 15 is 0 Å². The van der Waals surface area contributed by atoms with Gasteiger partial charge in [-0.2, -0.15) is 0 Å². The highest BCUT2D eigenvalue weighted by molar-refractivity contribution is 5.75. The predicted molar refractivity (Wildman–Crippen MR) is 90.9 cm³/mol. The molecule has 1 atom stereocenters. The molecule has 1 fully saturated rings. The second-order valence-corrected chi connectivity index (χ2v) is 5.97. The van der Waals surface area contributed by atoms with Crippen LogP contribution in [0.15, 0.2) is 36.7 Å². The number of pyridine rings is 1. The maximum Gasteiger partial charge on any atom is 0.213 e. The first-order valence-electron chi connectivity index (χ1n) is 8.22. The van der Waals surface area contributed by atoms with Crippen molar-refractivity contribution in [2.24, 2.45) is 0 Å². The molecule has 0 aliphatic carbocycles. The molecule has 0 spiro atoms. The van der Waals surface area contributed by atoms with Crippen LogP contribution in [0.2, 0.25) is 0 Å². The lowest BCUT2D eigenvalue weighted by atomic mass is 10.2. The summed E-state index contributed by atoms with van der Waals surface area (Å²) in [6, 6.07) is 5.76. The van der Waals surface area contributed by atoms with Crippen molar-refractivity contribution in [1.82, 2.24) is 15.0 Å². The van der Waals surface area contributed by atoms with Gasteiger partial charge in [0.05, 0.1) is 30.4 Å². The van der Waals surface area contributed by atoms with Crippen LogP contribution in [0.25, 0.3) is 11.0 Å². The van der Waals surface area contributed by atoms with E-state index in [9.17, 15) is 8.78 Å². The van der Waals surface area contributed by atoms with Gasteiger partial charge in [-0.3, -0.25) is 4.98 Å². The molecule has 0 amide bonds. The fraction of sp³-hybridized carbons (Fsp3) is 0.278. The number of aromatic nitrogens is 3. The third-order valence-corrected chi connectivity index (χ3v) is 4.03. The Balaban J connectivity index is 1.45. The summed E-state index contributed by atoms with van der Waals surface area (Å²) in [5.41, 5.74) is 1.53. The highest BCUT2D eigenvalue weighted by Gasteiger charge is 2.17. The van der Waals surface area contributed by atoms with Crippen molar-refractivity contribution in [2.45, 2.75) is 19.1 Å². The van der Waals surface area contributed by atoms with Crippen molar-refractivity contribution < 1.29 is 18.3 Å². The van der Waals surface area contributed by atoms with Crippen molar-refractivity contribution in [1.29, 1.82) is 0 Å². The Hall–Kier alpha value is -2.87. The van der Waals surface area contributed by atoms with Crippen molar-refractivity contribution in [3.05, 3.63) is 53.9 Å². The van der Waals surface area contributed by atoms with Crippen LogP contribution >= 0.6 is 0 Å². The minimum Gasteiger partial charge on any atom is -0.472 e. The lowest BCUT2D eigenvalue weighted by Gasteiger charge is -2.12. The van der Waals surface area contributed by atoms with Crippen LogP contribution in [0.3, 0.4) is 0 Å². The summed E-state index contributed by atoms with van der Waals surface area (Å²) in [5.74, 6) is -0.880. The van der Waals surface area contributed by atoms with Crippen molar-refractivity contribution in [3.63, 3.8) is 0 Å². The summed E-state index contributed by atoms with van der Waals surface area (Å²) in [7, 11) is 0. The normalized spacial score (nSPS) is 16.8. The van der Waals surface area contributed by atoms with E-state index < -0.39 is 11.6 Å². The fourth-order valence-corrected chi connectivity index (χ4v) is 2.69. The molecule has 0 radical (unpaired) electrons. The third-order valence-electron chi connectivity index (χ3n) is 4.03. The van der Waals surface area contributed by atoms with Crippen molar-refractivity contribution in [2.75, 3.05) is 18.5 Å². The van der Waals surface area contributed by atoms with Crippen LogP contribution in [0.5, 0.6) is 5.88 Å². The molecular formula is C18H16F2N4O2. The number of halogens is 2. The van der Waals surface area contributed by atoms with E-state index in [1.807, 2.05) is 12.1 Å². The van der Waals surface area contributed by atoms with E-state index in [1.165, 1.54) is 6.20 Å². The smallest absolute Gasteiger partial charge is 0.213 e. The van der Waals surface area contributed by atoms with E-state index in [1.54, 1.807) is 6.20 Å². The zero-order chi connectivity index (χ0) is 17.9. The third kappa shape index (κ3) is 3.70. The van der Waals surface area contributed by atoms with Gasteiger partial charge in [-0.05, 0) is 11.6 Å². The minimum atomic E-state index is -0.948. The average Bonchev–Trinajstić information content (AvgIpc) is 3.14. The van der Waals surface area contributed by atoms with Crippen molar-refractivity contribution >= 4 is 16.9 Å². The van der Waals surface area contributed by atoms with Gasteiger partial charge in [0.1, 0.15) is 11.9 Å². The maximum atomic E-state index is 13.3. The Morgan fingerprint density at radius 2 is 2.00 bits per heavy atom. The van der Waals surface area contributed by atoms with Crippen LogP contribution in [0.4, 0.5) is 14.6 Å². The molecule has 3 aromatic rings. The second kappa shape index (κ2) is 7.17. The zero-order valence-corrected chi connectivity index (χ0v) is 13.8. The van der Waals surface area contributed by atoms with E-state index in [0.717, 1.165) is 24.1 Å². The van der Waals surface area contributed by atoms with E-state index in [4.69, 9.17) is 9.47 Å². The van der Waals surface area contributed by atoms with E-state index in [2.05, 4.69) is 20.3 Å². The van der Waals surface area contributed by atoms with Gasteiger partial charge >= 0.3 is 0 Å². The van der Waals surface area contributed by atoms with Gasteiger partial charge in [-0.25, -0.2) is 18.7 Å². The summed E-state index contributed by atoms with van der Waals surface area (Å²) >= 11 is 0. The molecule has 134 valence electrons. The molecule has 1 aliphatic rings. The highest BCUT2D eigenvalue weighted by Crippen LogP contribution is 2.18. The number of hydrogen-bond donors (Lipinski definition) is 1. The first-order chi connectivity index (χ1) is 12.7. The summed E-state index contributed by atoms with van der Waals surface area (Å²) in [4.78, 5) is 12.6. The number of anilines is 1. The molecule has 0 bridgehead atoms. The number of fused-ring (bicyclic) bond motifs is 1. The van der Waals surface area contributed by atoms with Crippen LogP contribution in [-0.4, -0.2) is 34.3 Å². The molecule has 1 unspecified atom stereocenters. The number of ether oxygens (including phenoxy) is 2. The van der Waals surface area contributed by atoms with Gasteiger partial charge in [-0.1, -0.05) is 0 Å². The van der Waals surface area contributed by atoms with Gasteiger partial charge < -0.3 is 14.8 Å². The summed E-state index contributed by atoms with van der Waals surface area (Å²) in [6.45, 7) is 1.74. The van der Waals surface area contributed by atoms with Gasteiger partial charge in [0.15, 0.2) is 11.6 Å². The Bertz CT molecular complexity index is 932. The molecule has 1 saturated heterocycles. The minimum absolute atomic E-state index is 0.0346. The lowest BCUT2D eigenvalue weighted by molar-refractivity contribution is 0.138. The molecule has 0 saturated carbocycles. The molecule has 1 aliphatic heterocycles. The van der Waals surface area contributed by atoms with E-state index in [-0.39, 0.29) is 11.6 Å². The van der Waals surface area contributed by atoms with Gasteiger partial charge in [0.25, 0.3) is 0 Å². The Kier molecular flexibility index (Phi) is 4.57. The van der Waals surface area contributed by atoms with Crippen LogP contribution < -0.4 is 10.1 Å². The van der Waals surface area contributed by atoms with Crippen LogP contribution in [0, 0.1) is 11.6 Å². The van der Waals surface area contributed by atoms with Crippen molar-refractivity contribution in [3.8, 4) is 5.88 Å². The molecular weight excluding hydrogens is 342 g/mol. The summed E-state index contributed by atoms with van der Waals surface area (Å²) in [5, 5.41) is 3.11. The SMILES string of the molecule is Fc1cc2ncc(NCc3ccnc(OC4CCOC4)c3)nc2cc1F. The molecule has 4 rings (SSSR count).